The van der Waals surface area contributed by atoms with Crippen LogP contribution in [0.15, 0.2) is 64.8 Å². The number of carbonyl (C=O) groups is 2. The topological polar surface area (TPSA) is 80.1 Å². The second kappa shape index (κ2) is 9.62. The summed E-state index contributed by atoms with van der Waals surface area (Å²) in [6.45, 7) is -0.263. The van der Waals surface area contributed by atoms with Crippen molar-refractivity contribution in [3.8, 4) is 0 Å². The van der Waals surface area contributed by atoms with Gasteiger partial charge in [-0.25, -0.2) is 0 Å². The standard InChI is InChI=1S/C21H23N3O3/c25-20(15-27-21(26)14-16-6-4-5-7-16)22-17-10-12-19(13-11-17)24-23-18-8-2-1-3-9-18/h1-3,8-13,16H,4-7,14-15H2,(H,22,25). The predicted molar refractivity (Wildman–Crippen MR) is 103 cm³/mol. The number of hydrogen-bond acceptors (Lipinski definition) is 5. The molecule has 0 aromatic heterocycles. The average molecular weight is 365 g/mol. The summed E-state index contributed by atoms with van der Waals surface area (Å²) in [4.78, 5) is 23.7. The minimum absolute atomic E-state index is 0.263. The van der Waals surface area contributed by atoms with Gasteiger partial charge in [0.05, 0.1) is 11.4 Å². The Labute approximate surface area is 158 Å². The van der Waals surface area contributed by atoms with E-state index in [1.54, 1.807) is 24.3 Å². The largest absolute Gasteiger partial charge is 0.456 e. The highest BCUT2D eigenvalue weighted by molar-refractivity contribution is 5.92. The van der Waals surface area contributed by atoms with Crippen molar-refractivity contribution in [2.45, 2.75) is 32.1 Å². The molecular weight excluding hydrogens is 342 g/mol. The molecule has 2 aromatic carbocycles. The average Bonchev–Trinajstić information content (AvgIpc) is 3.20. The van der Waals surface area contributed by atoms with Crippen molar-refractivity contribution >= 4 is 28.9 Å². The van der Waals surface area contributed by atoms with Gasteiger partial charge in [0.15, 0.2) is 6.61 Å². The molecule has 0 atom stereocenters. The van der Waals surface area contributed by atoms with Crippen LogP contribution in [0.2, 0.25) is 0 Å². The van der Waals surface area contributed by atoms with Crippen LogP contribution >= 0.6 is 0 Å². The number of hydrogen-bond donors (Lipinski definition) is 1. The minimum Gasteiger partial charge on any atom is -0.456 e. The van der Waals surface area contributed by atoms with E-state index in [2.05, 4.69) is 15.5 Å². The molecule has 0 radical (unpaired) electrons. The molecule has 27 heavy (non-hydrogen) atoms. The van der Waals surface area contributed by atoms with Gasteiger partial charge in [-0.2, -0.15) is 10.2 Å². The first-order valence-corrected chi connectivity index (χ1v) is 9.21. The SMILES string of the molecule is O=C(COC(=O)CC1CCCC1)Nc1ccc(N=Nc2ccccc2)cc1. The monoisotopic (exact) mass is 365 g/mol. The lowest BCUT2D eigenvalue weighted by Crippen LogP contribution is -2.21. The molecule has 1 saturated carbocycles. The summed E-state index contributed by atoms with van der Waals surface area (Å²) in [5, 5.41) is 11.0. The molecule has 0 bridgehead atoms. The maximum Gasteiger partial charge on any atom is 0.306 e. The summed E-state index contributed by atoms with van der Waals surface area (Å²) in [5.74, 6) is -0.236. The quantitative estimate of drug-likeness (QED) is 0.543. The van der Waals surface area contributed by atoms with Crippen molar-refractivity contribution in [3.63, 3.8) is 0 Å². The Kier molecular flexibility index (Phi) is 6.68. The summed E-state index contributed by atoms with van der Waals surface area (Å²) >= 11 is 0. The molecule has 0 saturated heterocycles. The lowest BCUT2D eigenvalue weighted by atomic mass is 10.1. The molecular formula is C21H23N3O3. The number of esters is 1. The molecule has 3 rings (SSSR count). The Hall–Kier alpha value is -3.02. The Bertz CT molecular complexity index is 782. The van der Waals surface area contributed by atoms with Crippen molar-refractivity contribution in [1.29, 1.82) is 0 Å². The van der Waals surface area contributed by atoms with Gasteiger partial charge in [0.25, 0.3) is 5.91 Å². The third kappa shape index (κ3) is 6.33. The number of azo groups is 1. The fraction of sp³-hybridized carbons (Fsp3) is 0.333. The van der Waals surface area contributed by atoms with E-state index < -0.39 is 0 Å². The van der Waals surface area contributed by atoms with Gasteiger partial charge in [-0.1, -0.05) is 31.0 Å². The van der Waals surface area contributed by atoms with Crippen LogP contribution in [0.5, 0.6) is 0 Å². The summed E-state index contributed by atoms with van der Waals surface area (Å²) in [6, 6.07) is 16.4. The fourth-order valence-electron chi connectivity index (χ4n) is 3.07. The Morgan fingerprint density at radius 2 is 1.56 bits per heavy atom. The first-order chi connectivity index (χ1) is 13.2. The van der Waals surface area contributed by atoms with Crippen LogP contribution < -0.4 is 5.32 Å². The van der Waals surface area contributed by atoms with E-state index >= 15 is 0 Å². The summed E-state index contributed by atoms with van der Waals surface area (Å²) in [5.41, 5.74) is 2.07. The van der Waals surface area contributed by atoms with E-state index in [0.717, 1.165) is 18.5 Å². The number of carbonyl (C=O) groups excluding carboxylic acids is 2. The zero-order valence-corrected chi connectivity index (χ0v) is 15.1. The number of nitrogens with one attached hydrogen (secondary N) is 1. The molecule has 2 aromatic rings. The molecule has 6 heteroatoms. The molecule has 1 aliphatic rings. The summed E-state index contributed by atoms with van der Waals surface area (Å²) in [6.07, 6.45) is 4.93. The number of amides is 1. The van der Waals surface area contributed by atoms with Gasteiger partial charge in [0.2, 0.25) is 0 Å². The molecule has 140 valence electrons. The molecule has 0 aliphatic heterocycles. The second-order valence-electron chi connectivity index (χ2n) is 6.65. The van der Waals surface area contributed by atoms with Gasteiger partial charge in [0.1, 0.15) is 0 Å². The molecule has 1 N–H and O–H groups in total. The number of benzene rings is 2. The predicted octanol–water partition coefficient (Wildman–Crippen LogP) is 5.16. The molecule has 0 heterocycles. The van der Waals surface area contributed by atoms with Gasteiger partial charge in [-0.05, 0) is 55.2 Å². The highest BCUT2D eigenvalue weighted by Crippen LogP contribution is 2.27. The Morgan fingerprint density at radius 3 is 2.22 bits per heavy atom. The smallest absolute Gasteiger partial charge is 0.306 e. The van der Waals surface area contributed by atoms with Crippen LogP contribution in [0.3, 0.4) is 0 Å². The molecule has 1 fully saturated rings. The van der Waals surface area contributed by atoms with E-state index in [1.807, 2.05) is 30.3 Å². The normalized spacial score (nSPS) is 14.4. The van der Waals surface area contributed by atoms with Crippen LogP contribution in [0.25, 0.3) is 0 Å². The van der Waals surface area contributed by atoms with Crippen molar-refractivity contribution in [2.24, 2.45) is 16.1 Å². The third-order valence-electron chi connectivity index (χ3n) is 4.48. The van der Waals surface area contributed by atoms with Crippen LogP contribution in [-0.2, 0) is 14.3 Å². The van der Waals surface area contributed by atoms with Crippen molar-refractivity contribution in [1.82, 2.24) is 0 Å². The molecule has 0 unspecified atom stereocenters. The van der Waals surface area contributed by atoms with Crippen LogP contribution in [-0.4, -0.2) is 18.5 Å². The van der Waals surface area contributed by atoms with Gasteiger partial charge >= 0.3 is 5.97 Å². The second-order valence-corrected chi connectivity index (χ2v) is 6.65. The van der Waals surface area contributed by atoms with Crippen molar-refractivity contribution < 1.29 is 14.3 Å². The fourth-order valence-corrected chi connectivity index (χ4v) is 3.07. The number of nitrogens with zero attached hydrogens (tertiary/aromatic N) is 2. The molecule has 6 nitrogen and oxygen atoms in total. The zero-order valence-electron chi connectivity index (χ0n) is 15.1. The lowest BCUT2D eigenvalue weighted by molar-refractivity contribution is -0.148. The van der Waals surface area contributed by atoms with Gasteiger partial charge in [-0.15, -0.1) is 0 Å². The summed E-state index contributed by atoms with van der Waals surface area (Å²) in [7, 11) is 0. The number of ether oxygens (including phenoxy) is 1. The van der Waals surface area contributed by atoms with E-state index in [-0.39, 0.29) is 18.5 Å². The van der Waals surface area contributed by atoms with Gasteiger partial charge < -0.3 is 10.1 Å². The van der Waals surface area contributed by atoms with Crippen LogP contribution in [0.4, 0.5) is 17.1 Å². The van der Waals surface area contributed by atoms with Crippen molar-refractivity contribution in [2.75, 3.05) is 11.9 Å². The first kappa shape index (κ1) is 18.8. The molecule has 1 aliphatic carbocycles. The maximum atomic E-state index is 11.9. The van der Waals surface area contributed by atoms with Crippen LogP contribution in [0.1, 0.15) is 32.1 Å². The highest BCUT2D eigenvalue weighted by Gasteiger charge is 2.19. The Balaban J connectivity index is 1.42. The van der Waals surface area contributed by atoms with E-state index in [1.165, 1.54) is 12.8 Å². The van der Waals surface area contributed by atoms with Crippen LogP contribution in [0, 0.1) is 5.92 Å². The first-order valence-electron chi connectivity index (χ1n) is 9.21. The minimum atomic E-state index is -0.353. The zero-order chi connectivity index (χ0) is 18.9. The molecule has 1 amide bonds. The van der Waals surface area contributed by atoms with Gasteiger partial charge in [-0.3, -0.25) is 9.59 Å². The van der Waals surface area contributed by atoms with E-state index in [9.17, 15) is 9.59 Å². The third-order valence-corrected chi connectivity index (χ3v) is 4.48. The van der Waals surface area contributed by atoms with E-state index in [4.69, 9.17) is 4.74 Å². The number of anilines is 1. The van der Waals surface area contributed by atoms with E-state index in [0.29, 0.717) is 23.7 Å². The lowest BCUT2D eigenvalue weighted by Gasteiger charge is -2.09. The maximum absolute atomic E-state index is 11.9. The van der Waals surface area contributed by atoms with Gasteiger partial charge in [0, 0.05) is 12.1 Å². The number of rotatable bonds is 7. The Morgan fingerprint density at radius 1 is 0.926 bits per heavy atom. The highest BCUT2D eigenvalue weighted by atomic mass is 16.5. The summed E-state index contributed by atoms with van der Waals surface area (Å²) < 4.78 is 5.06. The molecule has 0 spiro atoms. The van der Waals surface area contributed by atoms with Crippen molar-refractivity contribution in [3.05, 3.63) is 54.6 Å².